The van der Waals surface area contributed by atoms with E-state index in [1.165, 1.54) is 36.4 Å². The van der Waals surface area contributed by atoms with E-state index in [2.05, 4.69) is 54.5 Å². The molecular weight excluding hydrogens is 1170 g/mol. The Morgan fingerprint density at radius 1 is 0.727 bits per heavy atom. The van der Waals surface area contributed by atoms with Crippen LogP contribution in [0.15, 0.2) is 104 Å². The summed E-state index contributed by atoms with van der Waals surface area (Å²) in [6, 6.07) is 21.9. The summed E-state index contributed by atoms with van der Waals surface area (Å²) < 4.78 is 99.3. The van der Waals surface area contributed by atoms with Gasteiger partial charge in [-0.2, -0.15) is 30.7 Å². The maximum Gasteiger partial charge on any atom is 2.00 e. The van der Waals surface area contributed by atoms with Crippen LogP contribution in [0.4, 0.5) is 8.78 Å². The van der Waals surface area contributed by atoms with Crippen molar-refractivity contribution >= 4 is 104 Å². The molecule has 2 fully saturated rings. The fourth-order valence-electron chi connectivity index (χ4n) is 6.70. The zero-order valence-corrected chi connectivity index (χ0v) is 46.8. The van der Waals surface area contributed by atoms with Gasteiger partial charge in [0, 0.05) is 45.4 Å². The topological polar surface area (TPSA) is 142 Å². The minimum absolute atomic E-state index is 0. The fourth-order valence-corrected chi connectivity index (χ4v) is 10.0. The molecule has 362 valence electrons. The molecule has 1 unspecified atom stereocenters. The van der Waals surface area contributed by atoms with Gasteiger partial charge >= 0.3 is 23.1 Å². The van der Waals surface area contributed by atoms with Crippen molar-refractivity contribution in [3.8, 4) is 0 Å². The largest absolute Gasteiger partial charge is 2.00 e. The van der Waals surface area contributed by atoms with Crippen LogP contribution in [-0.2, 0) is 42.9 Å². The second kappa shape index (κ2) is 31.2. The summed E-state index contributed by atoms with van der Waals surface area (Å²) in [6.45, 7) is 10.1. The van der Waals surface area contributed by atoms with E-state index in [9.17, 15) is 35.5 Å². The summed E-state index contributed by atoms with van der Waals surface area (Å²) in [4.78, 5) is 10.9. The van der Waals surface area contributed by atoms with Gasteiger partial charge in [-0.25, -0.2) is 8.78 Å². The molecule has 1 atom stereocenters. The molecule has 2 aliphatic rings. The number of aryl methyl sites for hydroxylation is 2. The van der Waals surface area contributed by atoms with E-state index in [1.54, 1.807) is 48.5 Å². The number of hydrogen-bond acceptors (Lipinski definition) is 10. The summed E-state index contributed by atoms with van der Waals surface area (Å²) in [7, 11) is -7.64. The number of carbonyl (C=O) groups excluding carboxylic acids is 1. The van der Waals surface area contributed by atoms with Crippen LogP contribution in [0.5, 0.6) is 0 Å². The standard InChI is InChI=1S/C22H26BrFO5S.C16H22O5S.C6H3BrFI.C3H7.ClH.Mg/c1-16-2-5-18(6-3-16)30(26,27)29-15-22(10-12-28-13-11-22)9-8-21(25)19-7-4-17(24)14-20(19)23;1-14-3-5-15(6-4-14)22(18,19)21-13-16(7-2-10-17)8-11-20-12-9-16;7-5-3-4(8)1-2-6(5)9;1-3-2;;/h2-7,14,21,25H,8-13,15H2,1H3;3-6,10H,2,7-9,11-13H2,1H3;1-3H;3H,1-2H3;1H;/q;;;-1;;+2/p-1. The van der Waals surface area contributed by atoms with Gasteiger partial charge < -0.3 is 38.2 Å². The number of benzene rings is 4. The third kappa shape index (κ3) is 21.5. The van der Waals surface area contributed by atoms with E-state index < -0.39 is 31.8 Å². The normalized spacial score (nSPS) is 15.6. The van der Waals surface area contributed by atoms with E-state index in [0.717, 1.165) is 25.5 Å². The van der Waals surface area contributed by atoms with Gasteiger partial charge in [0.1, 0.15) is 17.9 Å². The maximum absolute atomic E-state index is 13.3. The summed E-state index contributed by atoms with van der Waals surface area (Å²) in [5, 5.41) is 10.6. The Morgan fingerprint density at radius 3 is 1.50 bits per heavy atom. The summed E-state index contributed by atoms with van der Waals surface area (Å²) in [5.74, 6) is -0.587. The molecule has 10 nitrogen and oxygen atoms in total. The second-order valence-electron chi connectivity index (χ2n) is 15.8. The van der Waals surface area contributed by atoms with Crippen molar-refractivity contribution < 1.29 is 65.8 Å². The SMILES string of the molecule is C[CH-]C.Cc1ccc(S(=O)(=O)OCC2(CCC(O)c3ccc(F)cc3Br)CCOCC2)cc1.Cc1ccc(S(=O)(=O)OCC2(CCC=O)CCOCC2)cc1.Fc1ccc(I)c(Br)c1.[Cl-].[Mg+2]. The zero-order valence-electron chi connectivity index (χ0n) is 37.6. The van der Waals surface area contributed by atoms with E-state index in [0.29, 0.717) is 87.8 Å². The number of halogens is 6. The third-order valence-electron chi connectivity index (χ3n) is 10.7. The minimum Gasteiger partial charge on any atom is -1.00 e. The number of ether oxygens (including phenoxy) is 2. The van der Waals surface area contributed by atoms with Crippen molar-refractivity contribution in [3.63, 3.8) is 0 Å². The quantitative estimate of drug-likeness (QED) is 0.0308. The van der Waals surface area contributed by atoms with Crippen LogP contribution in [-0.4, -0.2) is 90.9 Å². The van der Waals surface area contributed by atoms with Crippen molar-refractivity contribution in [1.29, 1.82) is 0 Å². The van der Waals surface area contributed by atoms with Crippen LogP contribution in [0.1, 0.15) is 88.0 Å². The maximum atomic E-state index is 13.3. The molecule has 66 heavy (non-hydrogen) atoms. The predicted molar refractivity (Wildman–Crippen MR) is 265 cm³/mol. The van der Waals surface area contributed by atoms with Gasteiger partial charge in [-0.3, -0.25) is 8.37 Å². The Labute approximate surface area is 443 Å². The predicted octanol–water partition coefficient (Wildman–Crippen LogP) is 8.44. The van der Waals surface area contributed by atoms with E-state index in [1.807, 2.05) is 34.1 Å². The zero-order chi connectivity index (χ0) is 47.4. The summed E-state index contributed by atoms with van der Waals surface area (Å²) in [5.41, 5.74) is 1.86. The smallest absolute Gasteiger partial charge is 1.00 e. The van der Waals surface area contributed by atoms with Crippen molar-refractivity contribution in [1.82, 2.24) is 0 Å². The second-order valence-corrected chi connectivity index (χ2v) is 21.9. The first-order chi connectivity index (χ1) is 30.3. The molecule has 0 aromatic heterocycles. The van der Waals surface area contributed by atoms with Crippen molar-refractivity contribution in [2.45, 2.75) is 95.0 Å². The molecule has 1 N–H and O–H groups in total. The molecule has 0 amide bonds. The first-order valence-corrected chi connectivity index (χ1v) is 26.3. The molecule has 2 heterocycles. The van der Waals surface area contributed by atoms with Crippen molar-refractivity contribution in [2.24, 2.45) is 10.8 Å². The van der Waals surface area contributed by atoms with Crippen LogP contribution in [0.25, 0.3) is 0 Å². The Balaban J connectivity index is 0.000000528. The van der Waals surface area contributed by atoms with Gasteiger partial charge in [-0.1, -0.05) is 57.4 Å². The number of aldehydes is 1. The van der Waals surface area contributed by atoms with Crippen LogP contribution < -0.4 is 12.4 Å². The van der Waals surface area contributed by atoms with Gasteiger partial charge in [0.05, 0.1) is 29.1 Å². The summed E-state index contributed by atoms with van der Waals surface area (Å²) in [6.07, 6.45) is 6.79. The van der Waals surface area contributed by atoms with Crippen LogP contribution in [0.2, 0.25) is 0 Å². The molecule has 6 rings (SSSR count). The average molecular weight is 1230 g/mol. The van der Waals surface area contributed by atoms with Gasteiger partial charge in [-0.15, -0.1) is 0 Å². The molecular formula is C47H58Br2ClF2IMgO10S2. The van der Waals surface area contributed by atoms with Crippen molar-refractivity contribution in [2.75, 3.05) is 39.6 Å². The Bertz CT molecular complexity index is 2270. The van der Waals surface area contributed by atoms with Crippen LogP contribution >= 0.6 is 54.5 Å². The van der Waals surface area contributed by atoms with E-state index in [4.69, 9.17) is 17.8 Å². The molecule has 0 radical (unpaired) electrons. The first-order valence-electron chi connectivity index (χ1n) is 20.8. The van der Waals surface area contributed by atoms with Gasteiger partial charge in [0.2, 0.25) is 0 Å². The number of rotatable bonds is 15. The molecule has 2 saturated heterocycles. The van der Waals surface area contributed by atoms with Gasteiger partial charge in [0.25, 0.3) is 20.2 Å². The fraction of sp³-hybridized carbons (Fsp3) is 0.447. The first kappa shape index (κ1) is 62.9. The Kier molecular flexibility index (Phi) is 29.8. The molecule has 2 aliphatic heterocycles. The Hall–Kier alpha value is -1.14. The number of aliphatic hydroxyl groups is 1. The van der Waals surface area contributed by atoms with Crippen molar-refractivity contribution in [3.05, 3.63) is 132 Å². The van der Waals surface area contributed by atoms with Crippen LogP contribution in [0.3, 0.4) is 0 Å². The average Bonchev–Trinajstić information content (AvgIpc) is 3.27. The van der Waals surface area contributed by atoms with E-state index >= 15 is 0 Å². The van der Waals surface area contributed by atoms with Gasteiger partial charge in [0.15, 0.2) is 0 Å². The Morgan fingerprint density at radius 2 is 1.12 bits per heavy atom. The third-order valence-corrected chi connectivity index (χ3v) is 16.3. The number of aliphatic hydroxyl groups excluding tert-OH is 1. The molecule has 0 aliphatic carbocycles. The molecule has 4 aromatic rings. The number of hydrogen-bond donors (Lipinski definition) is 1. The molecule has 0 spiro atoms. The summed E-state index contributed by atoms with van der Waals surface area (Å²) >= 11 is 8.62. The molecule has 19 heteroatoms. The molecule has 4 aromatic carbocycles. The molecule has 0 bridgehead atoms. The minimum atomic E-state index is -3.87. The van der Waals surface area contributed by atoms with Gasteiger partial charge in [-0.05, 0) is 168 Å². The van der Waals surface area contributed by atoms with E-state index in [-0.39, 0.29) is 75.5 Å². The van der Waals surface area contributed by atoms with Crippen LogP contribution in [0, 0.1) is 46.3 Å². The monoisotopic (exact) mass is 1230 g/mol. The molecule has 0 saturated carbocycles. The number of carbonyl (C=O) groups is 1.